The molecule has 1 saturated heterocycles. The molecular weight excluding hydrogens is 474 g/mol. The van der Waals surface area contributed by atoms with Crippen LogP contribution in [-0.4, -0.2) is 78.1 Å². The molecular formula is C26H43N7O4. The van der Waals surface area contributed by atoms with Gasteiger partial charge in [0, 0.05) is 13.1 Å². The van der Waals surface area contributed by atoms with E-state index >= 15 is 0 Å². The third-order valence-corrected chi connectivity index (χ3v) is 6.54. The van der Waals surface area contributed by atoms with Gasteiger partial charge in [0.2, 0.25) is 11.8 Å². The Hall–Kier alpha value is -3.18. The maximum atomic E-state index is 13.4. The van der Waals surface area contributed by atoms with Gasteiger partial charge in [-0.05, 0) is 70.0 Å². The first-order chi connectivity index (χ1) is 17.8. The molecule has 9 N–H and O–H groups in total. The Morgan fingerprint density at radius 3 is 2.43 bits per heavy atom. The lowest BCUT2D eigenvalue weighted by Gasteiger charge is -2.29. The van der Waals surface area contributed by atoms with Gasteiger partial charge in [-0.2, -0.15) is 0 Å². The molecule has 0 aromatic heterocycles. The fourth-order valence-corrected chi connectivity index (χ4v) is 4.54. The topological polar surface area (TPSA) is 189 Å². The number of benzene rings is 1. The highest BCUT2D eigenvalue weighted by molar-refractivity contribution is 5.92. The molecule has 3 atom stereocenters. The number of nitrogens with two attached hydrogens (primary N) is 3. The van der Waals surface area contributed by atoms with Crippen LogP contribution in [0.2, 0.25) is 0 Å². The molecule has 1 aliphatic rings. The van der Waals surface area contributed by atoms with Gasteiger partial charge in [-0.1, -0.05) is 36.8 Å². The average molecular weight is 518 g/mol. The van der Waals surface area contributed by atoms with E-state index in [0.29, 0.717) is 64.7 Å². The summed E-state index contributed by atoms with van der Waals surface area (Å²) in [5.41, 5.74) is 17.6. The van der Waals surface area contributed by atoms with E-state index in [-0.39, 0.29) is 17.8 Å². The molecule has 0 saturated carbocycles. The van der Waals surface area contributed by atoms with E-state index in [9.17, 15) is 19.5 Å². The minimum Gasteiger partial charge on any atom is -0.480 e. The van der Waals surface area contributed by atoms with Crippen LogP contribution in [0.15, 0.2) is 35.3 Å². The summed E-state index contributed by atoms with van der Waals surface area (Å²) < 4.78 is 0. The standard InChI is InChI=1S/C26H43N7O4/c27-15-6-4-11-20(30-17-14-19-9-2-1-3-10-19)23(34)32-21(12-5-7-16-31-26(28)29)24(35)33-18-8-13-22(33)25(36)37/h1-3,9-10,20-22,30H,4-8,11-18,27H2,(H,32,34)(H,36,37)(H4,28,29,31)/t20-,21-,22+/m0/s1. The van der Waals surface area contributed by atoms with Gasteiger partial charge in [0.15, 0.2) is 5.96 Å². The van der Waals surface area contributed by atoms with Crippen LogP contribution in [0.25, 0.3) is 0 Å². The van der Waals surface area contributed by atoms with Crippen molar-refractivity contribution in [2.24, 2.45) is 22.2 Å². The maximum Gasteiger partial charge on any atom is 0.326 e. The van der Waals surface area contributed by atoms with E-state index in [0.717, 1.165) is 19.3 Å². The van der Waals surface area contributed by atoms with Crippen molar-refractivity contribution >= 4 is 23.7 Å². The van der Waals surface area contributed by atoms with Crippen LogP contribution in [0, 0.1) is 0 Å². The summed E-state index contributed by atoms with van der Waals surface area (Å²) in [5.74, 6) is -1.64. The number of aliphatic imine (C=N–C) groups is 1. The number of nitrogens with one attached hydrogen (secondary N) is 2. The van der Waals surface area contributed by atoms with Gasteiger partial charge in [-0.15, -0.1) is 0 Å². The highest BCUT2D eigenvalue weighted by Crippen LogP contribution is 2.20. The largest absolute Gasteiger partial charge is 0.480 e. The Labute approximate surface area is 219 Å². The molecule has 2 rings (SSSR count). The Morgan fingerprint density at radius 1 is 1.05 bits per heavy atom. The Morgan fingerprint density at radius 2 is 1.76 bits per heavy atom. The molecule has 1 aliphatic heterocycles. The number of carboxylic acid groups (broad SMARTS) is 1. The number of hydrogen-bond acceptors (Lipinski definition) is 6. The number of carbonyl (C=O) groups is 3. The van der Waals surface area contributed by atoms with Crippen LogP contribution in [0.3, 0.4) is 0 Å². The summed E-state index contributed by atoms with van der Waals surface area (Å²) in [5, 5.41) is 15.8. The first-order valence-corrected chi connectivity index (χ1v) is 13.2. The van der Waals surface area contributed by atoms with Crippen LogP contribution in [0.4, 0.5) is 0 Å². The molecule has 0 aliphatic carbocycles. The smallest absolute Gasteiger partial charge is 0.326 e. The Balaban J connectivity index is 2.07. The molecule has 0 radical (unpaired) electrons. The third-order valence-electron chi connectivity index (χ3n) is 6.54. The number of hydrogen-bond donors (Lipinski definition) is 6. The van der Waals surface area contributed by atoms with Gasteiger partial charge < -0.3 is 37.8 Å². The van der Waals surface area contributed by atoms with Crippen molar-refractivity contribution in [2.75, 3.05) is 26.2 Å². The van der Waals surface area contributed by atoms with Gasteiger partial charge in [0.05, 0.1) is 6.04 Å². The zero-order valence-electron chi connectivity index (χ0n) is 21.6. The number of amides is 2. The van der Waals surface area contributed by atoms with Crippen molar-refractivity contribution < 1.29 is 19.5 Å². The van der Waals surface area contributed by atoms with Crippen LogP contribution in [0.1, 0.15) is 56.9 Å². The van der Waals surface area contributed by atoms with E-state index in [4.69, 9.17) is 17.2 Å². The van der Waals surface area contributed by atoms with E-state index in [1.54, 1.807) is 0 Å². The Bertz CT molecular complexity index is 877. The van der Waals surface area contributed by atoms with Crippen molar-refractivity contribution in [3.8, 4) is 0 Å². The molecule has 37 heavy (non-hydrogen) atoms. The highest BCUT2D eigenvalue weighted by Gasteiger charge is 2.37. The number of carbonyl (C=O) groups excluding carboxylic acids is 2. The fourth-order valence-electron chi connectivity index (χ4n) is 4.54. The number of unbranched alkanes of at least 4 members (excludes halogenated alkanes) is 2. The summed E-state index contributed by atoms with van der Waals surface area (Å²) in [7, 11) is 0. The van der Waals surface area contributed by atoms with Gasteiger partial charge in [0.1, 0.15) is 12.1 Å². The molecule has 1 heterocycles. The fraction of sp³-hybridized carbons (Fsp3) is 0.615. The zero-order valence-corrected chi connectivity index (χ0v) is 21.6. The lowest BCUT2D eigenvalue weighted by Crippen LogP contribution is -2.55. The van der Waals surface area contributed by atoms with Crippen molar-refractivity contribution in [3.63, 3.8) is 0 Å². The lowest BCUT2D eigenvalue weighted by molar-refractivity contribution is -0.149. The minimum absolute atomic E-state index is 0.00388. The minimum atomic E-state index is -1.02. The maximum absolute atomic E-state index is 13.4. The molecule has 0 unspecified atom stereocenters. The second-order valence-electron chi connectivity index (χ2n) is 9.42. The van der Waals surface area contributed by atoms with E-state index in [1.165, 1.54) is 10.5 Å². The first kappa shape index (κ1) is 30.0. The van der Waals surface area contributed by atoms with Crippen molar-refractivity contribution in [3.05, 3.63) is 35.9 Å². The molecule has 0 spiro atoms. The van der Waals surface area contributed by atoms with Crippen LogP contribution in [-0.2, 0) is 20.8 Å². The Kier molecular flexibility index (Phi) is 13.4. The number of aliphatic carboxylic acids is 1. The SMILES string of the molecule is NCCCC[C@H](NCCc1ccccc1)C(=O)N[C@@H](CCCCN=C(N)N)C(=O)N1CCC[C@@H]1C(=O)O. The monoisotopic (exact) mass is 517 g/mol. The van der Waals surface area contributed by atoms with Gasteiger partial charge in [-0.3, -0.25) is 14.6 Å². The number of carboxylic acids is 1. The average Bonchev–Trinajstić information content (AvgIpc) is 3.37. The van der Waals surface area contributed by atoms with E-state index in [1.807, 2.05) is 30.3 Å². The summed E-state index contributed by atoms with van der Waals surface area (Å²) in [6.07, 6.45) is 5.56. The molecule has 2 amide bonds. The van der Waals surface area contributed by atoms with Crippen LogP contribution in [0.5, 0.6) is 0 Å². The van der Waals surface area contributed by atoms with E-state index < -0.39 is 24.1 Å². The quantitative estimate of drug-likeness (QED) is 0.0967. The van der Waals surface area contributed by atoms with Crippen LogP contribution >= 0.6 is 0 Å². The lowest BCUT2D eigenvalue weighted by atomic mass is 10.0. The summed E-state index contributed by atoms with van der Waals surface area (Å²) in [6, 6.07) is 7.83. The van der Waals surface area contributed by atoms with Gasteiger partial charge in [-0.25, -0.2) is 4.79 Å². The third kappa shape index (κ3) is 10.8. The van der Waals surface area contributed by atoms with E-state index in [2.05, 4.69) is 15.6 Å². The highest BCUT2D eigenvalue weighted by atomic mass is 16.4. The second kappa shape index (κ2) is 16.5. The van der Waals surface area contributed by atoms with Crippen molar-refractivity contribution in [1.29, 1.82) is 0 Å². The van der Waals surface area contributed by atoms with Gasteiger partial charge >= 0.3 is 5.97 Å². The van der Waals surface area contributed by atoms with Gasteiger partial charge in [0.25, 0.3) is 0 Å². The number of rotatable bonds is 17. The van der Waals surface area contributed by atoms with Crippen molar-refractivity contribution in [2.45, 2.75) is 75.9 Å². The first-order valence-electron chi connectivity index (χ1n) is 13.2. The molecule has 206 valence electrons. The van der Waals surface area contributed by atoms with Crippen molar-refractivity contribution in [1.82, 2.24) is 15.5 Å². The molecule has 0 bridgehead atoms. The van der Waals surface area contributed by atoms with Crippen LogP contribution < -0.4 is 27.8 Å². The molecule has 11 nitrogen and oxygen atoms in total. The molecule has 1 aromatic rings. The number of nitrogens with zero attached hydrogens (tertiary/aromatic N) is 2. The summed E-state index contributed by atoms with van der Waals surface area (Å²) >= 11 is 0. The predicted molar refractivity (Wildman–Crippen MR) is 144 cm³/mol. The molecule has 1 aromatic carbocycles. The molecule has 1 fully saturated rings. The summed E-state index contributed by atoms with van der Waals surface area (Å²) in [4.78, 5) is 43.8. The second-order valence-corrected chi connectivity index (χ2v) is 9.42. The summed E-state index contributed by atoms with van der Waals surface area (Å²) in [6.45, 7) is 1.93. The zero-order chi connectivity index (χ0) is 27.0. The number of guanidine groups is 1. The number of likely N-dealkylation sites (tertiary alicyclic amines) is 1. The normalized spacial score (nSPS) is 16.7. The molecule has 11 heteroatoms. The predicted octanol–water partition coefficient (Wildman–Crippen LogP) is 0.320.